The summed E-state index contributed by atoms with van der Waals surface area (Å²) in [6.07, 6.45) is 10.5. The highest BCUT2D eigenvalue weighted by Gasteiger charge is 2.26. The lowest BCUT2D eigenvalue weighted by atomic mass is 9.83. The second-order valence-electron chi connectivity index (χ2n) is 15.1. The fraction of sp³-hybridized carbons (Fsp3) is 0.0769. The smallest absolute Gasteiger partial charge is 0.356 e. The van der Waals surface area contributed by atoms with E-state index in [1.807, 2.05) is 60.7 Å². The molecule has 4 heterocycles. The van der Waals surface area contributed by atoms with E-state index >= 15 is 0 Å². The highest BCUT2D eigenvalue weighted by atomic mass is 16.3. The molecule has 3 aromatic heterocycles. The quantitative estimate of drug-likeness (QED) is 0.157. The van der Waals surface area contributed by atoms with Crippen LogP contribution in [0.5, 0.6) is 0 Å². The summed E-state index contributed by atoms with van der Waals surface area (Å²) in [6.45, 7) is 0. The summed E-state index contributed by atoms with van der Waals surface area (Å²) < 4.78 is 7.91. The number of furan rings is 1. The van der Waals surface area contributed by atoms with E-state index in [9.17, 15) is 4.79 Å². The van der Waals surface area contributed by atoms with Crippen LogP contribution in [0.4, 0.5) is 0 Å². The van der Waals surface area contributed by atoms with Gasteiger partial charge < -0.3 is 4.42 Å². The molecule has 9 aromatic rings. The normalized spacial score (nSPS) is 17.9. The average molecular weight is 777 g/mol. The van der Waals surface area contributed by atoms with Gasteiger partial charge in [0.25, 0.3) is 0 Å². The fourth-order valence-electron chi connectivity index (χ4n) is 8.45. The Balaban J connectivity index is 0.982. The second-order valence-corrected chi connectivity index (χ2v) is 15.1. The van der Waals surface area contributed by atoms with Crippen LogP contribution in [0.3, 0.4) is 0 Å². The first-order valence-electron chi connectivity index (χ1n) is 20.2. The fourth-order valence-corrected chi connectivity index (χ4v) is 8.45. The van der Waals surface area contributed by atoms with Crippen LogP contribution in [0.2, 0.25) is 0 Å². The van der Waals surface area contributed by atoms with Gasteiger partial charge in [-0.3, -0.25) is 0 Å². The summed E-state index contributed by atoms with van der Waals surface area (Å²) in [7, 11) is 0. The maximum atomic E-state index is 13.1. The van der Waals surface area contributed by atoms with Crippen molar-refractivity contribution in [1.29, 1.82) is 0 Å². The lowest BCUT2D eigenvalue weighted by Gasteiger charge is -2.20. The van der Waals surface area contributed by atoms with Gasteiger partial charge in [0.1, 0.15) is 17.7 Å². The molecule has 2 aliphatic rings. The molecule has 11 rings (SSSR count). The molecule has 6 aromatic carbocycles. The van der Waals surface area contributed by atoms with Crippen LogP contribution in [0.1, 0.15) is 58.8 Å². The van der Waals surface area contributed by atoms with Crippen molar-refractivity contribution in [2.45, 2.75) is 25.2 Å². The van der Waals surface area contributed by atoms with E-state index in [-0.39, 0.29) is 5.92 Å². The molecule has 0 amide bonds. The van der Waals surface area contributed by atoms with Crippen molar-refractivity contribution in [3.05, 3.63) is 214 Å². The zero-order valence-corrected chi connectivity index (χ0v) is 32.4. The Bertz CT molecular complexity index is 3310. The molecule has 0 saturated carbocycles. The molecule has 0 radical (unpaired) electrons. The van der Waals surface area contributed by atoms with Crippen molar-refractivity contribution < 1.29 is 4.42 Å². The van der Waals surface area contributed by atoms with Gasteiger partial charge in [-0.15, -0.1) is 0 Å². The van der Waals surface area contributed by atoms with Gasteiger partial charge in [0, 0.05) is 33.4 Å². The Labute approximate surface area is 345 Å². The lowest BCUT2D eigenvalue weighted by molar-refractivity contribution is 0.589. The third-order valence-electron chi connectivity index (χ3n) is 11.4. The number of benzene rings is 6. The third-order valence-corrected chi connectivity index (χ3v) is 11.4. The lowest BCUT2D eigenvalue weighted by Crippen LogP contribution is -2.20. The maximum Gasteiger partial charge on any atom is 0.356 e. The first-order valence-corrected chi connectivity index (χ1v) is 20.2. The van der Waals surface area contributed by atoms with Crippen LogP contribution >= 0.6 is 0 Å². The number of aromatic nitrogens is 4. The van der Waals surface area contributed by atoms with E-state index in [4.69, 9.17) is 24.4 Å². The van der Waals surface area contributed by atoms with Gasteiger partial charge in [0.2, 0.25) is 0 Å². The summed E-state index contributed by atoms with van der Waals surface area (Å²) in [6, 6.07) is 51.5. The van der Waals surface area contributed by atoms with E-state index in [0.29, 0.717) is 17.3 Å². The summed E-state index contributed by atoms with van der Waals surface area (Å²) in [5, 5.41) is 1.85. The molecule has 8 nitrogen and oxygen atoms in total. The average Bonchev–Trinajstić information content (AvgIpc) is 3.68. The molecule has 1 atom stereocenters. The van der Waals surface area contributed by atoms with Crippen molar-refractivity contribution in [3.63, 3.8) is 0 Å². The first-order chi connectivity index (χ1) is 29.6. The number of fused-ring (bicyclic) bond motifs is 6. The van der Waals surface area contributed by atoms with Crippen LogP contribution in [0, 0.1) is 0 Å². The molecule has 8 heteroatoms. The van der Waals surface area contributed by atoms with Gasteiger partial charge in [0.15, 0.2) is 17.3 Å². The summed E-state index contributed by atoms with van der Waals surface area (Å²) in [4.78, 5) is 37.4. The molecule has 60 heavy (non-hydrogen) atoms. The molecule has 0 spiro atoms. The molecule has 1 aliphatic carbocycles. The van der Waals surface area contributed by atoms with Gasteiger partial charge in [0.05, 0.1) is 16.9 Å². The number of aliphatic imine (C=N–C) groups is 2. The predicted octanol–water partition coefficient (Wildman–Crippen LogP) is 11.3. The monoisotopic (exact) mass is 776 g/mol. The van der Waals surface area contributed by atoms with Crippen molar-refractivity contribution in [2.75, 3.05) is 0 Å². The highest BCUT2D eigenvalue weighted by molar-refractivity contribution is 6.14. The van der Waals surface area contributed by atoms with Gasteiger partial charge in [-0.25, -0.2) is 29.1 Å². The van der Waals surface area contributed by atoms with Crippen LogP contribution in [-0.2, 0) is 0 Å². The van der Waals surface area contributed by atoms with Gasteiger partial charge in [-0.1, -0.05) is 133 Å². The topological polar surface area (TPSA) is 98.0 Å². The summed E-state index contributed by atoms with van der Waals surface area (Å²) >= 11 is 0. The molecule has 0 saturated heterocycles. The SMILES string of the molecule is O=c1nc(-c2ccccc2)nc2c3ccc(C4CC=Cc5oc6ccc(-c7cccc(C8=N/C(c9ccccc9)=C\CC/C(c9ccccc9)=N\8)c7)cc6c54)cc3ncn12. The van der Waals surface area contributed by atoms with Crippen molar-refractivity contribution in [2.24, 2.45) is 9.98 Å². The van der Waals surface area contributed by atoms with Crippen LogP contribution in [0.15, 0.2) is 189 Å². The Hall–Kier alpha value is -7.84. The summed E-state index contributed by atoms with van der Waals surface area (Å²) in [5.41, 5.74) is 11.9. The van der Waals surface area contributed by atoms with E-state index in [1.54, 1.807) is 0 Å². The number of allylic oxidation sites excluding steroid dienone is 2. The van der Waals surface area contributed by atoms with E-state index in [1.165, 1.54) is 10.7 Å². The van der Waals surface area contributed by atoms with Gasteiger partial charge in [-0.2, -0.15) is 4.98 Å². The molecule has 0 bridgehead atoms. The minimum absolute atomic E-state index is 0.0287. The van der Waals surface area contributed by atoms with E-state index in [0.717, 1.165) is 103 Å². The van der Waals surface area contributed by atoms with E-state index < -0.39 is 5.69 Å². The number of amidine groups is 1. The zero-order chi connectivity index (χ0) is 40.0. The first kappa shape index (κ1) is 35.3. The molecular formula is C52H36N6O2. The molecule has 0 N–H and O–H groups in total. The Morgan fingerprint density at radius 1 is 0.633 bits per heavy atom. The third kappa shape index (κ3) is 6.44. The van der Waals surface area contributed by atoms with E-state index in [2.05, 4.69) is 114 Å². The van der Waals surface area contributed by atoms with Gasteiger partial charge in [-0.05, 0) is 83.5 Å². The summed E-state index contributed by atoms with van der Waals surface area (Å²) in [5.74, 6) is 1.96. The van der Waals surface area contributed by atoms with Crippen molar-refractivity contribution in [1.82, 2.24) is 19.4 Å². The van der Waals surface area contributed by atoms with Crippen LogP contribution < -0.4 is 5.69 Å². The number of hydrogen-bond donors (Lipinski definition) is 0. The van der Waals surface area contributed by atoms with Crippen molar-refractivity contribution in [3.8, 4) is 22.5 Å². The number of hydrogen-bond acceptors (Lipinski definition) is 7. The van der Waals surface area contributed by atoms with Gasteiger partial charge >= 0.3 is 5.69 Å². The molecular weight excluding hydrogens is 741 g/mol. The Morgan fingerprint density at radius 2 is 1.37 bits per heavy atom. The predicted molar refractivity (Wildman–Crippen MR) is 240 cm³/mol. The zero-order valence-electron chi connectivity index (χ0n) is 32.4. The molecule has 1 aliphatic heterocycles. The van der Waals surface area contributed by atoms with Crippen LogP contribution in [-0.4, -0.2) is 30.9 Å². The minimum atomic E-state index is -0.415. The van der Waals surface area contributed by atoms with Crippen molar-refractivity contribution >= 4 is 50.8 Å². The number of rotatable bonds is 6. The molecule has 1 unspecified atom stereocenters. The standard InChI is InChI=1S/C52H36N6O2/c59-52-57-49(35-17-8-3-9-18-35)56-51-41-27-25-38(31-45(41)53-32-58(51)52)40-21-11-24-47-48(40)42-30-37(26-28-46(42)60-47)36-19-10-20-39(29-36)50-54-43(33-13-4-1-5-14-33)22-12-23-44(55-50)34-15-6-2-7-16-34/h1-11,13-20,22,24-32,40H,12,21,23H2/b43-22-,54-50-,55-44+. The Kier molecular flexibility index (Phi) is 8.73. The van der Waals surface area contributed by atoms with Crippen LogP contribution in [0.25, 0.3) is 61.8 Å². The second kappa shape index (κ2) is 14.8. The molecule has 286 valence electrons. The highest BCUT2D eigenvalue weighted by Crippen LogP contribution is 2.43. The largest absolute Gasteiger partial charge is 0.456 e. The molecule has 0 fully saturated rings. The number of nitrogens with zero attached hydrogens (tertiary/aromatic N) is 6. The Morgan fingerprint density at radius 3 is 2.18 bits per heavy atom. The minimum Gasteiger partial charge on any atom is -0.456 e. The maximum absolute atomic E-state index is 13.1.